The van der Waals surface area contributed by atoms with E-state index in [0.29, 0.717) is 5.56 Å². The molecule has 4 rings (SSSR count). The SMILES string of the molecule is CCCn1nc(CC2CCCCC2)nc1Cc1ccc(-c2cnccc2C(=O)O)cc1. The number of carbonyl (C=O) groups is 1. The molecule has 0 atom stereocenters. The maximum Gasteiger partial charge on any atom is 0.336 e. The Bertz CT molecular complexity index is 1020. The number of hydrogen-bond donors (Lipinski definition) is 1. The highest BCUT2D eigenvalue weighted by atomic mass is 16.4. The van der Waals surface area contributed by atoms with E-state index in [2.05, 4.69) is 16.6 Å². The Hall–Kier alpha value is -3.02. The lowest BCUT2D eigenvalue weighted by Gasteiger charge is -2.19. The van der Waals surface area contributed by atoms with Crippen LogP contribution in [-0.2, 0) is 19.4 Å². The number of carboxylic acids is 1. The van der Waals surface area contributed by atoms with Crippen molar-refractivity contribution in [3.63, 3.8) is 0 Å². The fraction of sp³-hybridized carbons (Fsp3) is 0.440. The van der Waals surface area contributed by atoms with E-state index in [1.54, 1.807) is 6.20 Å². The third-order valence-electron chi connectivity index (χ3n) is 6.10. The summed E-state index contributed by atoms with van der Waals surface area (Å²) in [5, 5.41) is 14.2. The molecular weight excluding hydrogens is 388 g/mol. The number of pyridine rings is 1. The Morgan fingerprint density at radius 1 is 1.13 bits per heavy atom. The molecule has 2 heterocycles. The lowest BCUT2D eigenvalue weighted by Crippen LogP contribution is -2.10. The van der Waals surface area contributed by atoms with Crippen molar-refractivity contribution in [2.45, 2.75) is 64.8 Å². The molecule has 0 radical (unpaired) electrons. The molecule has 0 saturated heterocycles. The third-order valence-corrected chi connectivity index (χ3v) is 6.10. The zero-order chi connectivity index (χ0) is 21.6. The number of benzene rings is 1. The van der Waals surface area contributed by atoms with E-state index in [1.165, 1.54) is 44.4 Å². The first-order valence-electron chi connectivity index (χ1n) is 11.3. The minimum atomic E-state index is -0.945. The average molecular weight is 419 g/mol. The van der Waals surface area contributed by atoms with Crippen LogP contribution in [0, 0.1) is 5.92 Å². The Morgan fingerprint density at radius 2 is 1.90 bits per heavy atom. The molecule has 1 aromatic carbocycles. The normalized spacial score (nSPS) is 14.6. The summed E-state index contributed by atoms with van der Waals surface area (Å²) in [5.41, 5.74) is 2.88. The minimum Gasteiger partial charge on any atom is -0.478 e. The minimum absolute atomic E-state index is 0.262. The molecule has 0 spiro atoms. The largest absolute Gasteiger partial charge is 0.478 e. The van der Waals surface area contributed by atoms with Crippen LogP contribution in [0.15, 0.2) is 42.7 Å². The molecule has 162 valence electrons. The van der Waals surface area contributed by atoms with Crippen LogP contribution in [0.25, 0.3) is 11.1 Å². The van der Waals surface area contributed by atoms with Crippen LogP contribution in [0.2, 0.25) is 0 Å². The van der Waals surface area contributed by atoms with Gasteiger partial charge in [0.1, 0.15) is 5.82 Å². The van der Waals surface area contributed by atoms with Gasteiger partial charge in [-0.1, -0.05) is 63.3 Å². The van der Waals surface area contributed by atoms with Gasteiger partial charge in [-0.15, -0.1) is 0 Å². The summed E-state index contributed by atoms with van der Waals surface area (Å²) in [5.74, 6) is 1.77. The average Bonchev–Trinajstić information content (AvgIpc) is 3.16. The molecule has 2 aromatic heterocycles. The van der Waals surface area contributed by atoms with Crippen LogP contribution in [0.5, 0.6) is 0 Å². The Morgan fingerprint density at radius 3 is 2.61 bits per heavy atom. The summed E-state index contributed by atoms with van der Waals surface area (Å²) < 4.78 is 2.07. The van der Waals surface area contributed by atoms with Crippen molar-refractivity contribution in [1.82, 2.24) is 19.7 Å². The molecule has 6 nitrogen and oxygen atoms in total. The summed E-state index contributed by atoms with van der Waals surface area (Å²) in [6.45, 7) is 3.04. The van der Waals surface area contributed by atoms with Crippen molar-refractivity contribution in [3.8, 4) is 11.1 Å². The molecule has 0 unspecified atom stereocenters. The van der Waals surface area contributed by atoms with E-state index in [1.807, 2.05) is 24.3 Å². The van der Waals surface area contributed by atoms with E-state index in [-0.39, 0.29) is 5.56 Å². The van der Waals surface area contributed by atoms with Gasteiger partial charge in [0.2, 0.25) is 0 Å². The van der Waals surface area contributed by atoms with Crippen molar-refractivity contribution < 1.29 is 9.90 Å². The number of aromatic carboxylic acids is 1. The Labute approximate surface area is 183 Å². The third kappa shape index (κ3) is 5.19. The first-order chi connectivity index (χ1) is 15.1. The Kier molecular flexibility index (Phi) is 6.75. The predicted octanol–water partition coefficient (Wildman–Crippen LogP) is 5.16. The molecule has 1 saturated carbocycles. The fourth-order valence-corrected chi connectivity index (χ4v) is 4.48. The van der Waals surface area contributed by atoms with E-state index in [9.17, 15) is 9.90 Å². The molecule has 31 heavy (non-hydrogen) atoms. The van der Waals surface area contributed by atoms with Gasteiger partial charge in [-0.2, -0.15) is 5.10 Å². The summed E-state index contributed by atoms with van der Waals surface area (Å²) in [6, 6.07) is 9.54. The first kappa shape index (κ1) is 21.2. The Balaban J connectivity index is 1.51. The summed E-state index contributed by atoms with van der Waals surface area (Å²) in [6.07, 6.45) is 12.5. The molecule has 1 N–H and O–H groups in total. The molecule has 1 aliphatic carbocycles. The van der Waals surface area contributed by atoms with Gasteiger partial charge in [0.25, 0.3) is 0 Å². The molecule has 6 heteroatoms. The van der Waals surface area contributed by atoms with Crippen LogP contribution < -0.4 is 0 Å². The van der Waals surface area contributed by atoms with Gasteiger partial charge in [0, 0.05) is 37.3 Å². The summed E-state index contributed by atoms with van der Waals surface area (Å²) in [4.78, 5) is 20.5. The van der Waals surface area contributed by atoms with Gasteiger partial charge in [0.15, 0.2) is 5.82 Å². The summed E-state index contributed by atoms with van der Waals surface area (Å²) in [7, 11) is 0. The zero-order valence-corrected chi connectivity index (χ0v) is 18.1. The summed E-state index contributed by atoms with van der Waals surface area (Å²) >= 11 is 0. The second kappa shape index (κ2) is 9.86. The van der Waals surface area contributed by atoms with Crippen molar-refractivity contribution in [2.75, 3.05) is 0 Å². The number of rotatable bonds is 8. The van der Waals surface area contributed by atoms with Crippen molar-refractivity contribution >= 4 is 5.97 Å². The number of aryl methyl sites for hydroxylation is 1. The predicted molar refractivity (Wildman–Crippen MR) is 120 cm³/mol. The monoisotopic (exact) mass is 418 g/mol. The quantitative estimate of drug-likeness (QED) is 0.546. The smallest absolute Gasteiger partial charge is 0.336 e. The van der Waals surface area contributed by atoms with Gasteiger partial charge in [-0.3, -0.25) is 4.98 Å². The van der Waals surface area contributed by atoms with Crippen LogP contribution >= 0.6 is 0 Å². The van der Waals surface area contributed by atoms with Crippen molar-refractivity contribution in [3.05, 3.63) is 65.5 Å². The van der Waals surface area contributed by atoms with Gasteiger partial charge in [0.05, 0.1) is 5.56 Å². The fourth-order valence-electron chi connectivity index (χ4n) is 4.48. The van der Waals surface area contributed by atoms with Crippen LogP contribution in [0.4, 0.5) is 0 Å². The first-order valence-corrected chi connectivity index (χ1v) is 11.3. The van der Waals surface area contributed by atoms with E-state index < -0.39 is 5.97 Å². The van der Waals surface area contributed by atoms with Crippen LogP contribution in [-0.4, -0.2) is 30.8 Å². The standard InChI is InChI=1S/C25H30N4O2/c1-2-14-29-24(27-23(28-29)15-18-6-4-3-5-7-18)16-19-8-10-20(11-9-19)22-17-26-13-12-21(22)25(30)31/h8-13,17-18H,2-7,14-16H2,1H3,(H,30,31). The lowest BCUT2D eigenvalue weighted by molar-refractivity contribution is 0.0697. The number of nitrogens with zero attached hydrogens (tertiary/aromatic N) is 4. The van der Waals surface area contributed by atoms with Crippen LogP contribution in [0.3, 0.4) is 0 Å². The van der Waals surface area contributed by atoms with Crippen molar-refractivity contribution in [2.24, 2.45) is 5.92 Å². The van der Waals surface area contributed by atoms with Gasteiger partial charge in [-0.05, 0) is 29.5 Å². The van der Waals surface area contributed by atoms with Crippen LogP contribution in [0.1, 0.15) is 73.0 Å². The maximum absolute atomic E-state index is 11.5. The highest BCUT2D eigenvalue weighted by Gasteiger charge is 2.18. The van der Waals surface area contributed by atoms with E-state index in [0.717, 1.165) is 54.5 Å². The second-order valence-corrected chi connectivity index (χ2v) is 8.48. The second-order valence-electron chi connectivity index (χ2n) is 8.48. The molecule has 0 amide bonds. The highest BCUT2D eigenvalue weighted by Crippen LogP contribution is 2.27. The number of hydrogen-bond acceptors (Lipinski definition) is 4. The number of carboxylic acid groups (broad SMARTS) is 1. The molecule has 0 bridgehead atoms. The van der Waals surface area contributed by atoms with E-state index >= 15 is 0 Å². The molecule has 3 aromatic rings. The maximum atomic E-state index is 11.5. The zero-order valence-electron chi connectivity index (χ0n) is 18.1. The topological polar surface area (TPSA) is 80.9 Å². The molecular formula is C25H30N4O2. The van der Waals surface area contributed by atoms with E-state index in [4.69, 9.17) is 10.1 Å². The van der Waals surface area contributed by atoms with Gasteiger partial charge < -0.3 is 5.11 Å². The van der Waals surface area contributed by atoms with Gasteiger partial charge in [-0.25, -0.2) is 14.5 Å². The highest BCUT2D eigenvalue weighted by molar-refractivity contribution is 5.95. The van der Waals surface area contributed by atoms with Crippen molar-refractivity contribution in [1.29, 1.82) is 0 Å². The molecule has 1 aliphatic rings. The number of aromatic nitrogens is 4. The molecule has 0 aliphatic heterocycles. The lowest BCUT2D eigenvalue weighted by atomic mass is 9.87. The van der Waals surface area contributed by atoms with Gasteiger partial charge >= 0.3 is 5.97 Å². The molecule has 1 fully saturated rings.